The molecular formula is C19H32N2. The highest BCUT2D eigenvalue weighted by atomic mass is 15.1. The first-order valence-corrected chi connectivity index (χ1v) is 8.44. The van der Waals surface area contributed by atoms with Crippen molar-refractivity contribution in [3.05, 3.63) is 35.4 Å². The number of likely N-dealkylation sites (tertiary alicyclic amines) is 1. The number of piperidine rings is 1. The smallest absolute Gasteiger partial charge is 0.0205 e. The molecule has 0 unspecified atom stereocenters. The zero-order chi connectivity index (χ0) is 15.3. The summed E-state index contributed by atoms with van der Waals surface area (Å²) in [6.07, 6.45) is 4.07. The van der Waals surface area contributed by atoms with Crippen molar-refractivity contribution in [2.24, 2.45) is 5.92 Å². The van der Waals surface area contributed by atoms with Crippen LogP contribution in [0.25, 0.3) is 0 Å². The predicted molar refractivity (Wildman–Crippen MR) is 91.7 cm³/mol. The summed E-state index contributed by atoms with van der Waals surface area (Å²) in [5.74, 6) is 0.928. The van der Waals surface area contributed by atoms with Crippen molar-refractivity contribution in [2.45, 2.75) is 52.0 Å². The van der Waals surface area contributed by atoms with Crippen LogP contribution in [0.5, 0.6) is 0 Å². The van der Waals surface area contributed by atoms with E-state index in [1.807, 2.05) is 0 Å². The fourth-order valence-corrected chi connectivity index (χ4v) is 3.01. The average molecular weight is 288 g/mol. The van der Waals surface area contributed by atoms with Gasteiger partial charge >= 0.3 is 0 Å². The first kappa shape index (κ1) is 16.5. The summed E-state index contributed by atoms with van der Waals surface area (Å²) in [6.45, 7) is 11.5. The van der Waals surface area contributed by atoms with Gasteiger partial charge in [0.1, 0.15) is 0 Å². The van der Waals surface area contributed by atoms with E-state index in [2.05, 4.69) is 62.3 Å². The van der Waals surface area contributed by atoms with Crippen molar-refractivity contribution in [3.8, 4) is 0 Å². The number of hydrogen-bond donors (Lipinski definition) is 1. The summed E-state index contributed by atoms with van der Waals surface area (Å²) in [7, 11) is 2.23. The normalized spacial score (nSPS) is 18.1. The molecule has 1 fully saturated rings. The quantitative estimate of drug-likeness (QED) is 0.829. The molecule has 1 aliphatic rings. The van der Waals surface area contributed by atoms with Crippen molar-refractivity contribution in [2.75, 3.05) is 26.7 Å². The van der Waals surface area contributed by atoms with Crippen LogP contribution in [0.1, 0.15) is 51.2 Å². The minimum atomic E-state index is 0.250. The number of nitrogens with zero attached hydrogens (tertiary/aromatic N) is 1. The monoisotopic (exact) mass is 288 g/mol. The lowest BCUT2D eigenvalue weighted by atomic mass is 9.87. The minimum Gasteiger partial charge on any atom is -0.313 e. The highest BCUT2D eigenvalue weighted by molar-refractivity contribution is 5.27. The van der Waals surface area contributed by atoms with E-state index in [9.17, 15) is 0 Å². The third kappa shape index (κ3) is 5.44. The second-order valence-corrected chi connectivity index (χ2v) is 7.66. The summed E-state index contributed by atoms with van der Waals surface area (Å²) < 4.78 is 0. The molecule has 0 aliphatic carbocycles. The van der Waals surface area contributed by atoms with Crippen LogP contribution >= 0.6 is 0 Å². The summed E-state index contributed by atoms with van der Waals surface area (Å²) in [5.41, 5.74) is 3.06. The SMILES string of the molecule is CN1CCC(CCNCc2ccc(C(C)(C)C)cc2)CC1. The number of hydrogen-bond acceptors (Lipinski definition) is 2. The van der Waals surface area contributed by atoms with Crippen molar-refractivity contribution in [1.29, 1.82) is 0 Å². The molecule has 0 radical (unpaired) electrons. The van der Waals surface area contributed by atoms with Crippen molar-refractivity contribution in [1.82, 2.24) is 10.2 Å². The Labute approximate surface area is 130 Å². The zero-order valence-electron chi connectivity index (χ0n) is 14.3. The van der Waals surface area contributed by atoms with Crippen molar-refractivity contribution in [3.63, 3.8) is 0 Å². The molecule has 21 heavy (non-hydrogen) atoms. The van der Waals surface area contributed by atoms with E-state index in [0.717, 1.165) is 19.0 Å². The first-order chi connectivity index (χ1) is 9.95. The molecule has 0 bridgehead atoms. The van der Waals surface area contributed by atoms with Gasteiger partial charge in [0.2, 0.25) is 0 Å². The fourth-order valence-electron chi connectivity index (χ4n) is 3.01. The Kier molecular flexibility index (Phi) is 5.83. The van der Waals surface area contributed by atoms with Crippen LogP contribution in [0.15, 0.2) is 24.3 Å². The number of benzene rings is 1. The molecule has 0 amide bonds. The van der Waals surface area contributed by atoms with Gasteiger partial charge in [0.05, 0.1) is 0 Å². The van der Waals surface area contributed by atoms with Gasteiger partial charge in [0.15, 0.2) is 0 Å². The molecule has 0 aromatic heterocycles. The summed E-state index contributed by atoms with van der Waals surface area (Å²) in [6, 6.07) is 9.08. The van der Waals surface area contributed by atoms with E-state index >= 15 is 0 Å². The standard InChI is InChI=1S/C19H32N2/c1-19(2,3)18-7-5-17(6-8-18)15-20-12-9-16-10-13-21(4)14-11-16/h5-8,16,20H,9-15H2,1-4H3. The second-order valence-electron chi connectivity index (χ2n) is 7.66. The molecule has 0 saturated carbocycles. The molecule has 1 aliphatic heterocycles. The van der Waals surface area contributed by atoms with Gasteiger partial charge < -0.3 is 10.2 Å². The average Bonchev–Trinajstić information content (AvgIpc) is 2.45. The molecule has 1 aromatic carbocycles. The zero-order valence-corrected chi connectivity index (χ0v) is 14.3. The lowest BCUT2D eigenvalue weighted by molar-refractivity contribution is 0.211. The first-order valence-electron chi connectivity index (χ1n) is 8.44. The number of rotatable bonds is 5. The van der Waals surface area contributed by atoms with Gasteiger partial charge in [-0.25, -0.2) is 0 Å². The predicted octanol–water partition coefficient (Wildman–Crippen LogP) is 3.81. The van der Waals surface area contributed by atoms with E-state index in [1.54, 1.807) is 0 Å². The molecule has 1 aromatic rings. The minimum absolute atomic E-state index is 0.250. The molecule has 2 nitrogen and oxygen atoms in total. The molecule has 2 heteroatoms. The molecule has 1 N–H and O–H groups in total. The topological polar surface area (TPSA) is 15.3 Å². The van der Waals surface area contributed by atoms with Crippen LogP contribution in [0.3, 0.4) is 0 Å². The van der Waals surface area contributed by atoms with Crippen LogP contribution in [-0.2, 0) is 12.0 Å². The Morgan fingerprint density at radius 3 is 2.29 bits per heavy atom. The lowest BCUT2D eigenvalue weighted by Gasteiger charge is -2.28. The Balaban J connectivity index is 1.67. The largest absolute Gasteiger partial charge is 0.313 e. The molecule has 0 spiro atoms. The van der Waals surface area contributed by atoms with Gasteiger partial charge in [0, 0.05) is 6.54 Å². The van der Waals surface area contributed by atoms with E-state index < -0.39 is 0 Å². The van der Waals surface area contributed by atoms with Crippen LogP contribution in [0, 0.1) is 5.92 Å². The Morgan fingerprint density at radius 2 is 1.71 bits per heavy atom. The summed E-state index contributed by atoms with van der Waals surface area (Å²) in [5, 5.41) is 3.60. The van der Waals surface area contributed by atoms with Gasteiger partial charge in [0.25, 0.3) is 0 Å². The maximum absolute atomic E-state index is 3.60. The van der Waals surface area contributed by atoms with Gasteiger partial charge in [-0.05, 0) is 68.4 Å². The van der Waals surface area contributed by atoms with Gasteiger partial charge in [-0.3, -0.25) is 0 Å². The van der Waals surface area contributed by atoms with Crippen molar-refractivity contribution >= 4 is 0 Å². The van der Waals surface area contributed by atoms with E-state index in [0.29, 0.717) is 0 Å². The fraction of sp³-hybridized carbons (Fsp3) is 0.684. The summed E-state index contributed by atoms with van der Waals surface area (Å²) >= 11 is 0. The molecule has 118 valence electrons. The Morgan fingerprint density at radius 1 is 1.10 bits per heavy atom. The lowest BCUT2D eigenvalue weighted by Crippen LogP contribution is -2.31. The maximum atomic E-state index is 3.60. The molecule has 1 heterocycles. The Hall–Kier alpha value is -0.860. The van der Waals surface area contributed by atoms with Crippen LogP contribution in [-0.4, -0.2) is 31.6 Å². The second kappa shape index (κ2) is 7.42. The van der Waals surface area contributed by atoms with Crippen molar-refractivity contribution < 1.29 is 0 Å². The molecule has 1 saturated heterocycles. The van der Waals surface area contributed by atoms with Gasteiger partial charge in [-0.2, -0.15) is 0 Å². The molecular weight excluding hydrogens is 256 g/mol. The highest BCUT2D eigenvalue weighted by Crippen LogP contribution is 2.22. The van der Waals surface area contributed by atoms with E-state index in [1.165, 1.54) is 43.5 Å². The van der Waals surface area contributed by atoms with Crippen LogP contribution in [0.4, 0.5) is 0 Å². The van der Waals surface area contributed by atoms with Gasteiger partial charge in [-0.15, -0.1) is 0 Å². The maximum Gasteiger partial charge on any atom is 0.0205 e. The van der Waals surface area contributed by atoms with Gasteiger partial charge in [-0.1, -0.05) is 45.0 Å². The van der Waals surface area contributed by atoms with E-state index in [4.69, 9.17) is 0 Å². The van der Waals surface area contributed by atoms with Crippen LogP contribution < -0.4 is 5.32 Å². The van der Waals surface area contributed by atoms with E-state index in [-0.39, 0.29) is 5.41 Å². The highest BCUT2D eigenvalue weighted by Gasteiger charge is 2.16. The summed E-state index contributed by atoms with van der Waals surface area (Å²) in [4.78, 5) is 2.45. The number of nitrogens with one attached hydrogen (secondary N) is 1. The molecule has 2 rings (SSSR count). The molecule has 0 atom stereocenters. The third-order valence-electron chi connectivity index (χ3n) is 4.72. The third-order valence-corrected chi connectivity index (χ3v) is 4.72. The Bertz CT molecular complexity index is 408. The van der Waals surface area contributed by atoms with Crippen LogP contribution in [0.2, 0.25) is 0 Å².